The van der Waals surface area contributed by atoms with Crippen LogP contribution in [0.5, 0.6) is 0 Å². The second-order valence-electron chi connectivity index (χ2n) is 10.2. The Bertz CT molecular complexity index is 1370. The van der Waals surface area contributed by atoms with Crippen LogP contribution in [0.2, 0.25) is 0 Å². The zero-order chi connectivity index (χ0) is 29.2. The number of carbonyl (C=O) groups excluding carboxylic acids is 4. The Morgan fingerprint density at radius 1 is 0.902 bits per heavy atom. The van der Waals surface area contributed by atoms with Crippen LogP contribution in [0.25, 0.3) is 10.8 Å². The van der Waals surface area contributed by atoms with Crippen molar-refractivity contribution >= 4 is 46.2 Å². The molecule has 0 saturated carbocycles. The zero-order valence-corrected chi connectivity index (χ0v) is 23.6. The van der Waals surface area contributed by atoms with Crippen LogP contribution in [-0.2, 0) is 32.0 Å². The molecule has 3 aromatic carbocycles. The number of hydrogen-bond acceptors (Lipinski definition) is 6. The maximum atomic E-state index is 13.7. The number of thioether (sulfide) groups is 1. The Hall–Kier alpha value is -3.89. The van der Waals surface area contributed by atoms with Gasteiger partial charge in [0.2, 0.25) is 23.6 Å². The summed E-state index contributed by atoms with van der Waals surface area (Å²) in [5.74, 6) is -1.88. The zero-order valence-electron chi connectivity index (χ0n) is 22.8. The monoisotopic (exact) mass is 576 g/mol. The number of piperidine rings is 1. The smallest absolute Gasteiger partial charge is 0.246 e. The van der Waals surface area contributed by atoms with Gasteiger partial charge in [0.25, 0.3) is 0 Å². The van der Waals surface area contributed by atoms with Gasteiger partial charge in [0.05, 0.1) is 12.4 Å². The average molecular weight is 577 g/mol. The molecule has 0 spiro atoms. The maximum absolute atomic E-state index is 13.7. The van der Waals surface area contributed by atoms with Gasteiger partial charge in [-0.15, -0.1) is 11.8 Å². The molecule has 4 amide bonds. The fourth-order valence-corrected chi connectivity index (χ4v) is 5.70. The van der Waals surface area contributed by atoms with Crippen molar-refractivity contribution in [2.24, 2.45) is 5.73 Å². The maximum Gasteiger partial charge on any atom is 0.246 e. The number of primary amides is 1. The van der Waals surface area contributed by atoms with Crippen molar-refractivity contribution in [1.29, 1.82) is 0 Å². The number of nitrogens with one attached hydrogen (secondary N) is 2. The molecule has 0 unspecified atom stereocenters. The van der Waals surface area contributed by atoms with Gasteiger partial charge in [-0.3, -0.25) is 19.2 Å². The Morgan fingerprint density at radius 2 is 1.63 bits per heavy atom. The largest absolute Gasteiger partial charge is 0.386 e. The lowest BCUT2D eigenvalue weighted by Gasteiger charge is -2.37. The first kappa shape index (κ1) is 30.1. The van der Waals surface area contributed by atoms with Crippen LogP contribution < -0.4 is 16.4 Å². The second kappa shape index (κ2) is 14.7. The van der Waals surface area contributed by atoms with Crippen LogP contribution in [0.4, 0.5) is 0 Å². The molecule has 1 aliphatic rings. The van der Waals surface area contributed by atoms with E-state index in [4.69, 9.17) is 5.73 Å². The second-order valence-corrected chi connectivity index (χ2v) is 11.2. The van der Waals surface area contributed by atoms with Gasteiger partial charge in [-0.1, -0.05) is 72.8 Å². The number of aliphatic hydroxyl groups is 1. The number of hydrogen-bond donors (Lipinski definition) is 4. The van der Waals surface area contributed by atoms with E-state index in [0.717, 1.165) is 40.1 Å². The molecule has 0 bridgehead atoms. The van der Waals surface area contributed by atoms with E-state index in [0.29, 0.717) is 19.4 Å². The molecule has 10 heteroatoms. The summed E-state index contributed by atoms with van der Waals surface area (Å²) in [6.45, 7) is 0.345. The molecule has 4 rings (SSSR count). The Balaban J connectivity index is 1.45. The van der Waals surface area contributed by atoms with Crippen molar-refractivity contribution < 1.29 is 24.3 Å². The van der Waals surface area contributed by atoms with Crippen LogP contribution in [0.3, 0.4) is 0 Å². The number of benzene rings is 3. The number of amides is 4. The Labute approximate surface area is 243 Å². The van der Waals surface area contributed by atoms with E-state index >= 15 is 0 Å². The number of nitrogens with zero attached hydrogens (tertiary/aromatic N) is 1. The molecule has 0 aromatic heterocycles. The molecule has 1 heterocycles. The van der Waals surface area contributed by atoms with Gasteiger partial charge in [0, 0.05) is 18.7 Å². The van der Waals surface area contributed by atoms with Gasteiger partial charge in [0.15, 0.2) is 0 Å². The highest BCUT2D eigenvalue weighted by molar-refractivity contribution is 7.99. The van der Waals surface area contributed by atoms with Crippen molar-refractivity contribution in [3.05, 3.63) is 83.9 Å². The Kier molecular flexibility index (Phi) is 10.8. The standard InChI is InChI=1S/C31H36N4O5S/c32-29(38)25(17-22-13-14-23-10-4-5-11-24(23)16-22)34-30(39)27-12-6-7-15-35(27)31(40)26(19-41-20-36)33-28(37)18-21-8-2-1-3-9-21/h1-5,8-11,13-14,16,25-27,36H,6-7,12,15,17-20H2,(H2,32,38)(H,33,37)(H,34,39)/t25-,26-,27-/m0/s1. The number of carbonyl (C=O) groups is 4. The average Bonchev–Trinajstić information content (AvgIpc) is 2.98. The van der Waals surface area contributed by atoms with Crippen molar-refractivity contribution in [2.45, 2.75) is 50.2 Å². The first-order valence-electron chi connectivity index (χ1n) is 13.8. The summed E-state index contributed by atoms with van der Waals surface area (Å²) < 4.78 is 0. The quantitative estimate of drug-likeness (QED) is 0.244. The molecule has 1 aliphatic heterocycles. The van der Waals surface area contributed by atoms with Crippen LogP contribution in [0.15, 0.2) is 72.8 Å². The summed E-state index contributed by atoms with van der Waals surface area (Å²) >= 11 is 1.11. The van der Waals surface area contributed by atoms with E-state index in [9.17, 15) is 24.3 Å². The van der Waals surface area contributed by atoms with Gasteiger partial charge in [-0.25, -0.2) is 0 Å². The minimum atomic E-state index is -0.950. The van der Waals surface area contributed by atoms with Crippen molar-refractivity contribution in [2.75, 3.05) is 18.2 Å². The fourth-order valence-electron chi connectivity index (χ4n) is 5.13. The third-order valence-electron chi connectivity index (χ3n) is 7.22. The number of aliphatic hydroxyl groups excluding tert-OH is 1. The van der Waals surface area contributed by atoms with Crippen LogP contribution >= 0.6 is 11.8 Å². The molecule has 0 radical (unpaired) electrons. The van der Waals surface area contributed by atoms with Crippen LogP contribution in [0, 0.1) is 0 Å². The summed E-state index contributed by atoms with van der Waals surface area (Å²) in [7, 11) is 0. The topological polar surface area (TPSA) is 142 Å². The van der Waals surface area contributed by atoms with E-state index in [-0.39, 0.29) is 30.4 Å². The molecule has 1 fully saturated rings. The summed E-state index contributed by atoms with van der Waals surface area (Å²) in [4.78, 5) is 53.8. The summed E-state index contributed by atoms with van der Waals surface area (Å²) in [6.07, 6.45) is 2.20. The summed E-state index contributed by atoms with van der Waals surface area (Å²) in [5, 5.41) is 17.0. The molecular weight excluding hydrogens is 540 g/mol. The molecule has 5 N–H and O–H groups in total. The lowest BCUT2D eigenvalue weighted by atomic mass is 9.98. The number of nitrogens with two attached hydrogens (primary N) is 1. The van der Waals surface area contributed by atoms with Gasteiger partial charge < -0.3 is 26.4 Å². The first-order chi connectivity index (χ1) is 19.9. The van der Waals surface area contributed by atoms with Gasteiger partial charge in [-0.2, -0.15) is 0 Å². The van der Waals surface area contributed by atoms with Gasteiger partial charge in [0.1, 0.15) is 18.1 Å². The minimum absolute atomic E-state index is 0.105. The third-order valence-corrected chi connectivity index (χ3v) is 7.97. The first-order valence-corrected chi connectivity index (χ1v) is 14.9. The van der Waals surface area contributed by atoms with E-state index < -0.39 is 35.8 Å². The third kappa shape index (κ3) is 8.31. The number of likely N-dealkylation sites (tertiary alicyclic amines) is 1. The molecule has 216 valence electrons. The molecule has 9 nitrogen and oxygen atoms in total. The van der Waals surface area contributed by atoms with Crippen LogP contribution in [-0.4, -0.2) is 70.0 Å². The summed E-state index contributed by atoms with van der Waals surface area (Å²) in [5.41, 5.74) is 7.35. The van der Waals surface area contributed by atoms with E-state index in [1.807, 2.05) is 72.8 Å². The fraction of sp³-hybridized carbons (Fsp3) is 0.355. The minimum Gasteiger partial charge on any atom is -0.386 e. The molecular formula is C31H36N4O5S. The van der Waals surface area contributed by atoms with E-state index in [1.54, 1.807) is 0 Å². The van der Waals surface area contributed by atoms with Crippen molar-refractivity contribution in [3.63, 3.8) is 0 Å². The van der Waals surface area contributed by atoms with E-state index in [1.165, 1.54) is 4.90 Å². The Morgan fingerprint density at radius 3 is 2.37 bits per heavy atom. The highest BCUT2D eigenvalue weighted by Crippen LogP contribution is 2.21. The SMILES string of the molecule is NC(=O)[C@H](Cc1ccc2ccccc2c1)NC(=O)[C@@H]1CCCCN1C(=O)[C@H](CSCO)NC(=O)Cc1ccccc1. The van der Waals surface area contributed by atoms with Gasteiger partial charge in [-0.05, 0) is 41.2 Å². The molecule has 3 atom stereocenters. The predicted octanol–water partition coefficient (Wildman–Crippen LogP) is 2.14. The van der Waals surface area contributed by atoms with Crippen molar-refractivity contribution in [3.8, 4) is 0 Å². The highest BCUT2D eigenvalue weighted by Gasteiger charge is 2.37. The lowest BCUT2D eigenvalue weighted by Crippen LogP contribution is -2.60. The molecule has 41 heavy (non-hydrogen) atoms. The van der Waals surface area contributed by atoms with Gasteiger partial charge >= 0.3 is 0 Å². The van der Waals surface area contributed by atoms with E-state index in [2.05, 4.69) is 10.6 Å². The number of rotatable bonds is 12. The summed E-state index contributed by atoms with van der Waals surface area (Å²) in [6, 6.07) is 20.2. The number of fused-ring (bicyclic) bond motifs is 1. The molecule has 1 saturated heterocycles. The van der Waals surface area contributed by atoms with Crippen molar-refractivity contribution in [1.82, 2.24) is 15.5 Å². The highest BCUT2D eigenvalue weighted by atomic mass is 32.2. The lowest BCUT2D eigenvalue weighted by molar-refractivity contribution is -0.145. The molecule has 3 aromatic rings. The normalized spacial score (nSPS) is 16.5. The van der Waals surface area contributed by atoms with Crippen LogP contribution in [0.1, 0.15) is 30.4 Å². The predicted molar refractivity (Wildman–Crippen MR) is 160 cm³/mol. The molecule has 0 aliphatic carbocycles.